The van der Waals surface area contributed by atoms with Gasteiger partial charge in [0.05, 0.1) is 39.9 Å². The molecule has 1 aliphatic carbocycles. The van der Waals surface area contributed by atoms with Gasteiger partial charge in [-0.25, -0.2) is 4.98 Å². The standard InChI is InChI=1S/C43H48ClN7O7/c1-42(2)40(43(3,4)41(42)58-29-10-8-26(24-45)32(44)23-29)51-35(52)15-13-33(39(51)56)50-37(54)30-12-11-28(22-31(30)38(50)55)57-21-7-5-6-16-48-17-19-49(20-18-48)34-14-9-27(25-47-34)36(46)53/h8-12,14,22-23,25,33,40-41H,5-7,13,15-21H2,1-4H3,(H2,46,53)/t33-,40?,41?/m0/s1. The number of aromatic nitrogens is 1. The Kier molecular flexibility index (Phi) is 11.2. The second kappa shape index (κ2) is 16.0. The second-order valence-corrected chi connectivity index (χ2v) is 17.1. The number of halogens is 1. The van der Waals surface area contributed by atoms with Crippen LogP contribution in [0, 0.1) is 22.2 Å². The number of unbranched alkanes of at least 4 members (excludes halogenated alkanes) is 2. The lowest BCUT2D eigenvalue weighted by atomic mass is 9.48. The fourth-order valence-electron chi connectivity index (χ4n) is 9.51. The number of hydrogen-bond donors (Lipinski definition) is 1. The lowest BCUT2D eigenvalue weighted by molar-refractivity contribution is -0.216. The molecule has 3 aliphatic heterocycles. The summed E-state index contributed by atoms with van der Waals surface area (Å²) in [4.78, 5) is 77.9. The minimum Gasteiger partial charge on any atom is -0.494 e. The van der Waals surface area contributed by atoms with E-state index in [1.165, 1.54) is 11.1 Å². The Morgan fingerprint density at radius 3 is 2.26 bits per heavy atom. The highest BCUT2D eigenvalue weighted by atomic mass is 35.5. The number of hydrogen-bond acceptors (Lipinski definition) is 11. The zero-order valence-corrected chi connectivity index (χ0v) is 34.0. The number of primary amides is 1. The number of ether oxygens (including phenoxy) is 2. The number of nitriles is 1. The molecule has 304 valence electrons. The van der Waals surface area contributed by atoms with Crippen LogP contribution < -0.4 is 20.1 Å². The number of piperazine rings is 1. The van der Waals surface area contributed by atoms with Crippen LogP contribution in [0.1, 0.15) is 96.4 Å². The molecule has 14 nitrogen and oxygen atoms in total. The Bertz CT molecular complexity index is 2160. The monoisotopic (exact) mass is 809 g/mol. The molecule has 4 heterocycles. The highest BCUT2D eigenvalue weighted by molar-refractivity contribution is 6.31. The Hall–Kier alpha value is -5.52. The van der Waals surface area contributed by atoms with Gasteiger partial charge >= 0.3 is 0 Å². The molecule has 7 rings (SSSR count). The Labute approximate surface area is 342 Å². The third-order valence-corrected chi connectivity index (χ3v) is 12.4. The van der Waals surface area contributed by atoms with Gasteiger partial charge in [0.1, 0.15) is 35.5 Å². The van der Waals surface area contributed by atoms with Gasteiger partial charge in [-0.15, -0.1) is 0 Å². The van der Waals surface area contributed by atoms with E-state index in [9.17, 15) is 29.2 Å². The average molecular weight is 810 g/mol. The van der Waals surface area contributed by atoms with Gasteiger partial charge in [0.25, 0.3) is 17.7 Å². The summed E-state index contributed by atoms with van der Waals surface area (Å²) >= 11 is 6.26. The van der Waals surface area contributed by atoms with Crippen LogP contribution in [0.15, 0.2) is 54.7 Å². The molecule has 3 fully saturated rings. The van der Waals surface area contributed by atoms with Crippen molar-refractivity contribution in [3.05, 3.63) is 82.0 Å². The molecule has 2 saturated heterocycles. The zero-order valence-electron chi connectivity index (χ0n) is 33.2. The summed E-state index contributed by atoms with van der Waals surface area (Å²) in [5, 5.41) is 9.52. The Morgan fingerprint density at radius 1 is 0.897 bits per heavy atom. The van der Waals surface area contributed by atoms with Crippen molar-refractivity contribution in [2.45, 2.75) is 78.0 Å². The lowest BCUT2D eigenvalue weighted by Gasteiger charge is -2.65. The van der Waals surface area contributed by atoms with Crippen molar-refractivity contribution in [3.63, 3.8) is 0 Å². The fourth-order valence-corrected chi connectivity index (χ4v) is 9.72. The van der Waals surface area contributed by atoms with E-state index in [1.807, 2.05) is 39.8 Å². The number of amides is 5. The summed E-state index contributed by atoms with van der Waals surface area (Å²) in [6.07, 6.45) is 3.89. The number of carbonyl (C=O) groups is 5. The first-order chi connectivity index (χ1) is 27.6. The van der Waals surface area contributed by atoms with E-state index in [2.05, 4.69) is 14.8 Å². The SMILES string of the molecule is CC1(C)C(Oc2ccc(C#N)c(Cl)c2)C(C)(C)C1N1C(=O)CC[C@H](N2C(=O)c3ccc(OCCCCCN4CCN(c5ccc(C(N)=O)cn5)CC4)cc3C2=O)C1=O. The van der Waals surface area contributed by atoms with Crippen molar-refractivity contribution in [1.29, 1.82) is 5.26 Å². The number of pyridine rings is 1. The van der Waals surface area contributed by atoms with Crippen molar-refractivity contribution < 1.29 is 33.4 Å². The van der Waals surface area contributed by atoms with Crippen molar-refractivity contribution in [2.75, 3.05) is 44.2 Å². The molecule has 15 heteroatoms. The first-order valence-corrected chi connectivity index (χ1v) is 20.1. The number of fused-ring (bicyclic) bond motifs is 1. The summed E-state index contributed by atoms with van der Waals surface area (Å²) < 4.78 is 12.4. The van der Waals surface area contributed by atoms with E-state index < -0.39 is 52.6 Å². The zero-order chi connectivity index (χ0) is 41.5. The predicted octanol–water partition coefficient (Wildman–Crippen LogP) is 5.07. The van der Waals surface area contributed by atoms with Crippen molar-refractivity contribution in [1.82, 2.24) is 19.7 Å². The molecule has 1 atom stereocenters. The largest absolute Gasteiger partial charge is 0.494 e. The Morgan fingerprint density at radius 2 is 1.60 bits per heavy atom. The minimum absolute atomic E-state index is 0.000659. The van der Waals surface area contributed by atoms with Gasteiger partial charge in [-0.3, -0.25) is 38.7 Å². The number of nitrogens with two attached hydrogens (primary N) is 1. The maximum absolute atomic E-state index is 14.3. The van der Waals surface area contributed by atoms with Crippen LogP contribution >= 0.6 is 11.6 Å². The van der Waals surface area contributed by atoms with Crippen LogP contribution in [0.4, 0.5) is 5.82 Å². The number of rotatable bonds is 13. The van der Waals surface area contributed by atoms with Gasteiger partial charge in [-0.1, -0.05) is 39.3 Å². The van der Waals surface area contributed by atoms with Crippen LogP contribution in [-0.2, 0) is 9.59 Å². The number of nitrogens with zero attached hydrogens (tertiary/aromatic N) is 6. The molecular weight excluding hydrogens is 762 g/mol. The molecule has 2 aromatic carbocycles. The summed E-state index contributed by atoms with van der Waals surface area (Å²) in [5.74, 6) is -0.805. The normalized spacial score (nSPS) is 22.7. The second-order valence-electron chi connectivity index (χ2n) is 16.6. The highest BCUT2D eigenvalue weighted by Gasteiger charge is 2.68. The van der Waals surface area contributed by atoms with Gasteiger partial charge < -0.3 is 20.1 Å². The molecule has 0 bridgehead atoms. The Balaban J connectivity index is 0.907. The minimum atomic E-state index is -1.13. The number of anilines is 1. The van der Waals surface area contributed by atoms with Crippen LogP contribution in [0.2, 0.25) is 5.02 Å². The van der Waals surface area contributed by atoms with Gasteiger partial charge in [0.2, 0.25) is 11.8 Å². The molecule has 1 aromatic heterocycles. The van der Waals surface area contributed by atoms with Gasteiger partial charge in [-0.2, -0.15) is 5.26 Å². The van der Waals surface area contributed by atoms with E-state index in [0.29, 0.717) is 29.2 Å². The summed E-state index contributed by atoms with van der Waals surface area (Å²) in [7, 11) is 0. The molecule has 1 saturated carbocycles. The lowest BCUT2D eigenvalue weighted by Crippen LogP contribution is -2.77. The van der Waals surface area contributed by atoms with Crippen LogP contribution in [0.3, 0.4) is 0 Å². The van der Waals surface area contributed by atoms with Crippen molar-refractivity contribution >= 4 is 47.0 Å². The average Bonchev–Trinajstić information content (AvgIpc) is 3.44. The first kappa shape index (κ1) is 40.7. The smallest absolute Gasteiger partial charge is 0.262 e. The molecule has 58 heavy (non-hydrogen) atoms. The molecule has 0 unspecified atom stereocenters. The van der Waals surface area contributed by atoms with E-state index in [1.54, 1.807) is 42.5 Å². The molecule has 0 radical (unpaired) electrons. The van der Waals surface area contributed by atoms with E-state index in [0.717, 1.165) is 62.7 Å². The topological polar surface area (TPSA) is 179 Å². The van der Waals surface area contributed by atoms with Crippen LogP contribution in [-0.4, -0.2) is 107 Å². The third kappa shape index (κ3) is 7.49. The molecule has 4 aliphatic rings. The summed E-state index contributed by atoms with van der Waals surface area (Å²) in [6.45, 7) is 12.6. The summed E-state index contributed by atoms with van der Waals surface area (Å²) in [5.41, 5.74) is 5.00. The van der Waals surface area contributed by atoms with E-state index in [-0.39, 0.29) is 34.9 Å². The molecule has 3 aromatic rings. The van der Waals surface area contributed by atoms with E-state index in [4.69, 9.17) is 26.8 Å². The van der Waals surface area contributed by atoms with Gasteiger partial charge in [0.15, 0.2) is 0 Å². The molecule has 2 N–H and O–H groups in total. The maximum atomic E-state index is 14.3. The number of piperidine rings is 1. The number of likely N-dealkylation sites (tertiary alicyclic amines) is 1. The van der Waals surface area contributed by atoms with Crippen LogP contribution in [0.25, 0.3) is 0 Å². The van der Waals surface area contributed by atoms with Crippen molar-refractivity contribution in [2.24, 2.45) is 16.6 Å². The van der Waals surface area contributed by atoms with Crippen molar-refractivity contribution in [3.8, 4) is 17.6 Å². The third-order valence-electron chi connectivity index (χ3n) is 12.1. The van der Waals surface area contributed by atoms with Gasteiger partial charge in [0, 0.05) is 55.7 Å². The highest BCUT2D eigenvalue weighted by Crippen LogP contribution is 2.58. The van der Waals surface area contributed by atoms with E-state index >= 15 is 0 Å². The summed E-state index contributed by atoms with van der Waals surface area (Å²) in [6, 6.07) is 13.5. The number of benzene rings is 2. The van der Waals surface area contributed by atoms with Crippen LogP contribution in [0.5, 0.6) is 11.5 Å². The fraction of sp³-hybridized carbons (Fsp3) is 0.465. The number of imide groups is 2. The maximum Gasteiger partial charge on any atom is 0.262 e. The molecule has 5 amide bonds. The quantitative estimate of drug-likeness (QED) is 0.180. The number of carbonyl (C=O) groups excluding carboxylic acids is 5. The molecular formula is C43H48ClN7O7. The van der Waals surface area contributed by atoms with Gasteiger partial charge in [-0.05, 0) is 74.7 Å². The first-order valence-electron chi connectivity index (χ1n) is 19.7. The predicted molar refractivity (Wildman–Crippen MR) is 215 cm³/mol. The molecule has 0 spiro atoms.